The van der Waals surface area contributed by atoms with Gasteiger partial charge in [0, 0.05) is 19.4 Å². The maximum absolute atomic E-state index is 12.5. The Hall–Kier alpha value is -3.07. The zero-order chi connectivity index (χ0) is 19.7. The fraction of sp³-hybridized carbons (Fsp3) is 0.222. The van der Waals surface area contributed by atoms with Crippen molar-refractivity contribution in [3.8, 4) is 5.69 Å². The second-order valence-electron chi connectivity index (χ2n) is 6.09. The molecule has 0 spiro atoms. The zero-order valence-electron chi connectivity index (χ0n) is 15.1. The Morgan fingerprint density at radius 3 is 2.78 bits per heavy atom. The largest absolute Gasteiger partial charge is 0.384 e. The Kier molecular flexibility index (Phi) is 5.04. The molecule has 0 atom stereocenters. The van der Waals surface area contributed by atoms with Crippen molar-refractivity contribution in [3.63, 3.8) is 0 Å². The van der Waals surface area contributed by atoms with Crippen LogP contribution in [-0.4, -0.2) is 30.6 Å². The second-order valence-corrected chi connectivity index (χ2v) is 7.03. The Bertz CT molecular complexity index is 1140. The van der Waals surface area contributed by atoms with Crippen LogP contribution >= 0.6 is 11.8 Å². The van der Waals surface area contributed by atoms with E-state index in [0.29, 0.717) is 5.16 Å². The van der Waals surface area contributed by atoms with E-state index in [0.717, 1.165) is 21.4 Å². The van der Waals surface area contributed by atoms with Gasteiger partial charge in [0.05, 0.1) is 11.4 Å². The SMILES string of the molecule is Cc1cccc(-n2ccnc2SCC(=O)c2c(N)n(C)c(=O)[nH]c2=O)c1C. The Balaban J connectivity index is 1.88. The van der Waals surface area contributed by atoms with Gasteiger partial charge >= 0.3 is 5.69 Å². The molecule has 2 heterocycles. The summed E-state index contributed by atoms with van der Waals surface area (Å²) in [5.74, 6) is -0.648. The van der Waals surface area contributed by atoms with Crippen LogP contribution in [0.1, 0.15) is 21.5 Å². The number of ketones is 1. The van der Waals surface area contributed by atoms with E-state index in [2.05, 4.69) is 9.97 Å². The monoisotopic (exact) mass is 385 g/mol. The molecule has 0 bridgehead atoms. The Morgan fingerprint density at radius 2 is 2.04 bits per heavy atom. The van der Waals surface area contributed by atoms with Crippen LogP contribution in [0.2, 0.25) is 0 Å². The minimum absolute atomic E-state index is 0.0344. The third-order valence-corrected chi connectivity index (χ3v) is 5.39. The number of aromatic amines is 1. The molecule has 1 aromatic carbocycles. The third kappa shape index (κ3) is 3.45. The van der Waals surface area contributed by atoms with Gasteiger partial charge in [0.2, 0.25) is 0 Å². The lowest BCUT2D eigenvalue weighted by molar-refractivity contribution is 0.102. The number of H-pyrrole nitrogens is 1. The molecule has 9 heteroatoms. The second kappa shape index (κ2) is 7.28. The first-order valence-corrected chi connectivity index (χ1v) is 9.14. The van der Waals surface area contributed by atoms with Gasteiger partial charge in [-0.05, 0) is 31.0 Å². The van der Waals surface area contributed by atoms with E-state index < -0.39 is 17.0 Å². The highest BCUT2D eigenvalue weighted by Gasteiger charge is 2.19. The van der Waals surface area contributed by atoms with Crippen molar-refractivity contribution in [1.82, 2.24) is 19.1 Å². The van der Waals surface area contributed by atoms with Crippen LogP contribution in [0.15, 0.2) is 45.3 Å². The maximum atomic E-state index is 12.5. The van der Waals surface area contributed by atoms with E-state index in [9.17, 15) is 14.4 Å². The number of benzene rings is 1. The molecule has 0 amide bonds. The number of carbonyl (C=O) groups excluding carboxylic acids is 1. The van der Waals surface area contributed by atoms with Gasteiger partial charge in [0.25, 0.3) is 5.56 Å². The molecular formula is C18H19N5O3S. The number of hydrogen-bond donors (Lipinski definition) is 2. The topological polar surface area (TPSA) is 116 Å². The summed E-state index contributed by atoms with van der Waals surface area (Å²) in [6.07, 6.45) is 3.48. The molecule has 0 saturated carbocycles. The molecule has 0 fully saturated rings. The molecule has 3 aromatic rings. The number of nitrogens with one attached hydrogen (secondary N) is 1. The first-order valence-electron chi connectivity index (χ1n) is 8.16. The first-order chi connectivity index (χ1) is 12.8. The summed E-state index contributed by atoms with van der Waals surface area (Å²) in [6.45, 7) is 4.05. The van der Waals surface area contributed by atoms with E-state index >= 15 is 0 Å². The molecule has 0 aliphatic heterocycles. The summed E-state index contributed by atoms with van der Waals surface area (Å²) in [5, 5.41) is 0.622. The van der Waals surface area contributed by atoms with Gasteiger partial charge in [-0.3, -0.25) is 23.7 Å². The number of thioether (sulfide) groups is 1. The molecular weight excluding hydrogens is 366 g/mol. The van der Waals surface area contributed by atoms with Crippen molar-refractivity contribution in [2.75, 3.05) is 11.5 Å². The van der Waals surface area contributed by atoms with Gasteiger partial charge in [0.15, 0.2) is 10.9 Å². The van der Waals surface area contributed by atoms with Crippen LogP contribution in [-0.2, 0) is 7.05 Å². The number of nitrogens with two attached hydrogens (primary N) is 1. The predicted octanol–water partition coefficient (Wildman–Crippen LogP) is 1.43. The molecule has 0 aliphatic rings. The zero-order valence-corrected chi connectivity index (χ0v) is 16.0. The number of nitrogens with zero attached hydrogens (tertiary/aromatic N) is 3. The number of Topliss-reactive ketones (excluding diaryl/α,β-unsaturated/α-hetero) is 1. The number of aromatic nitrogens is 4. The molecule has 140 valence electrons. The Labute approximate surface area is 159 Å². The predicted molar refractivity (Wildman–Crippen MR) is 105 cm³/mol. The lowest BCUT2D eigenvalue weighted by Crippen LogP contribution is -2.35. The highest BCUT2D eigenvalue weighted by Crippen LogP contribution is 2.24. The standard InChI is InChI=1S/C18H19N5O3S/c1-10-5-4-6-12(11(10)2)23-8-7-20-18(23)27-9-13(24)14-15(19)22(3)17(26)21-16(14)25/h4-8H,9,19H2,1-3H3,(H,21,25,26). The van der Waals surface area contributed by atoms with Gasteiger partial charge in [-0.15, -0.1) is 0 Å². The summed E-state index contributed by atoms with van der Waals surface area (Å²) in [7, 11) is 1.39. The van der Waals surface area contributed by atoms with Crippen LogP contribution < -0.4 is 17.0 Å². The van der Waals surface area contributed by atoms with Crippen LogP contribution in [0.3, 0.4) is 0 Å². The number of anilines is 1. The summed E-state index contributed by atoms with van der Waals surface area (Å²) < 4.78 is 2.94. The number of carbonyl (C=O) groups is 1. The van der Waals surface area contributed by atoms with Crippen molar-refractivity contribution in [1.29, 1.82) is 0 Å². The van der Waals surface area contributed by atoms with Crippen LogP contribution in [0, 0.1) is 13.8 Å². The summed E-state index contributed by atoms with van der Waals surface area (Å²) in [5.41, 5.74) is 7.37. The number of hydrogen-bond acceptors (Lipinski definition) is 6. The van der Waals surface area contributed by atoms with E-state index in [-0.39, 0.29) is 17.1 Å². The minimum atomic E-state index is -0.779. The minimum Gasteiger partial charge on any atom is -0.384 e. The smallest absolute Gasteiger partial charge is 0.329 e. The molecule has 3 rings (SSSR count). The van der Waals surface area contributed by atoms with Crippen molar-refractivity contribution >= 4 is 23.4 Å². The van der Waals surface area contributed by atoms with Crippen molar-refractivity contribution < 1.29 is 4.79 Å². The first kappa shape index (κ1) is 18.7. The van der Waals surface area contributed by atoms with Gasteiger partial charge in [-0.2, -0.15) is 0 Å². The molecule has 0 radical (unpaired) electrons. The lowest BCUT2D eigenvalue weighted by Gasteiger charge is -2.12. The fourth-order valence-electron chi connectivity index (χ4n) is 2.69. The average Bonchev–Trinajstić information content (AvgIpc) is 3.08. The van der Waals surface area contributed by atoms with Gasteiger partial charge in [0.1, 0.15) is 11.4 Å². The van der Waals surface area contributed by atoms with Crippen molar-refractivity contribution in [2.45, 2.75) is 19.0 Å². The molecule has 0 saturated heterocycles. The Morgan fingerprint density at radius 1 is 1.30 bits per heavy atom. The molecule has 27 heavy (non-hydrogen) atoms. The van der Waals surface area contributed by atoms with E-state index in [1.165, 1.54) is 18.8 Å². The third-order valence-electron chi connectivity index (χ3n) is 4.42. The van der Waals surface area contributed by atoms with E-state index in [1.807, 2.05) is 42.8 Å². The molecule has 2 aromatic heterocycles. The lowest BCUT2D eigenvalue weighted by atomic mass is 10.1. The quantitative estimate of drug-likeness (QED) is 0.507. The van der Waals surface area contributed by atoms with E-state index in [4.69, 9.17) is 5.73 Å². The number of nitrogen functional groups attached to an aromatic ring is 1. The average molecular weight is 385 g/mol. The molecule has 8 nitrogen and oxygen atoms in total. The van der Waals surface area contributed by atoms with Crippen LogP contribution in [0.4, 0.5) is 5.82 Å². The van der Waals surface area contributed by atoms with Gasteiger partial charge in [-0.25, -0.2) is 9.78 Å². The summed E-state index contributed by atoms with van der Waals surface area (Å²) in [4.78, 5) is 42.5. The number of rotatable bonds is 5. The summed E-state index contributed by atoms with van der Waals surface area (Å²) >= 11 is 1.20. The van der Waals surface area contributed by atoms with Crippen molar-refractivity contribution in [3.05, 3.63) is 68.1 Å². The van der Waals surface area contributed by atoms with Crippen LogP contribution in [0.25, 0.3) is 5.69 Å². The fourth-order valence-corrected chi connectivity index (χ4v) is 3.52. The number of aryl methyl sites for hydroxylation is 1. The summed E-state index contributed by atoms with van der Waals surface area (Å²) in [6, 6.07) is 5.97. The van der Waals surface area contributed by atoms with Crippen LogP contribution in [0.5, 0.6) is 0 Å². The molecule has 0 unspecified atom stereocenters. The molecule has 3 N–H and O–H groups in total. The van der Waals surface area contributed by atoms with Gasteiger partial charge < -0.3 is 5.73 Å². The van der Waals surface area contributed by atoms with E-state index in [1.54, 1.807) is 6.20 Å². The van der Waals surface area contributed by atoms with Crippen molar-refractivity contribution in [2.24, 2.45) is 7.05 Å². The maximum Gasteiger partial charge on any atom is 0.329 e. The normalized spacial score (nSPS) is 10.9. The van der Waals surface area contributed by atoms with Gasteiger partial charge in [-0.1, -0.05) is 23.9 Å². The molecule has 0 aliphatic carbocycles. The highest BCUT2D eigenvalue weighted by atomic mass is 32.2. The number of imidazole rings is 1. The highest BCUT2D eigenvalue weighted by molar-refractivity contribution is 7.99.